The summed E-state index contributed by atoms with van der Waals surface area (Å²) in [6.07, 6.45) is 5.81. The highest BCUT2D eigenvalue weighted by atomic mass is 16.2. The van der Waals surface area contributed by atoms with Crippen molar-refractivity contribution in [2.24, 2.45) is 11.8 Å². The molecule has 1 fully saturated rings. The molecule has 1 aliphatic heterocycles. The van der Waals surface area contributed by atoms with Crippen molar-refractivity contribution in [1.82, 2.24) is 19.8 Å². The molecule has 4 amide bonds. The van der Waals surface area contributed by atoms with E-state index in [1.807, 2.05) is 0 Å². The van der Waals surface area contributed by atoms with Crippen molar-refractivity contribution in [3.8, 4) is 0 Å². The van der Waals surface area contributed by atoms with Gasteiger partial charge in [-0.1, -0.05) is 27.7 Å². The van der Waals surface area contributed by atoms with Gasteiger partial charge in [0, 0.05) is 35.9 Å². The molecular formula is C22H24N4O4. The SMILES string of the molecule is CC(C)C1C(=O)N(C(=O)c2ccncc2)C(=O)C(C(C)C)N1C(=O)c1ccncc1. The van der Waals surface area contributed by atoms with E-state index in [1.165, 1.54) is 41.8 Å². The number of nitrogens with zero attached hydrogens (tertiary/aromatic N) is 4. The molecule has 0 aliphatic carbocycles. The third-order valence-corrected chi connectivity index (χ3v) is 5.10. The molecule has 0 radical (unpaired) electrons. The Balaban J connectivity index is 2.10. The minimum Gasteiger partial charge on any atom is -0.314 e. The van der Waals surface area contributed by atoms with Crippen molar-refractivity contribution >= 4 is 23.6 Å². The minimum absolute atomic E-state index is 0.186. The molecule has 30 heavy (non-hydrogen) atoms. The van der Waals surface area contributed by atoms with Gasteiger partial charge in [0.1, 0.15) is 12.1 Å². The topological polar surface area (TPSA) is 101 Å². The van der Waals surface area contributed by atoms with Gasteiger partial charge in [-0.25, -0.2) is 4.90 Å². The second-order valence-corrected chi connectivity index (χ2v) is 7.88. The molecule has 2 aromatic heterocycles. The standard InChI is InChI=1S/C22H24N4O4/c1-13(2)17-21(29)26(20(28)16-7-11-24-12-8-16)22(30)18(14(3)4)25(17)19(27)15-5-9-23-10-6-15/h5-14,17-18H,1-4H3. The van der Waals surface area contributed by atoms with E-state index in [0.29, 0.717) is 10.5 Å². The first kappa shape index (κ1) is 21.3. The highest BCUT2D eigenvalue weighted by Gasteiger charge is 2.52. The lowest BCUT2D eigenvalue weighted by atomic mass is 9.89. The summed E-state index contributed by atoms with van der Waals surface area (Å²) in [7, 11) is 0. The third kappa shape index (κ3) is 3.72. The first-order chi connectivity index (χ1) is 14.3. The average molecular weight is 408 g/mol. The van der Waals surface area contributed by atoms with Crippen molar-refractivity contribution in [2.45, 2.75) is 39.8 Å². The first-order valence-electron chi connectivity index (χ1n) is 9.80. The van der Waals surface area contributed by atoms with Crippen molar-refractivity contribution in [3.63, 3.8) is 0 Å². The molecule has 1 saturated heterocycles. The van der Waals surface area contributed by atoms with Crippen LogP contribution in [-0.4, -0.2) is 55.5 Å². The van der Waals surface area contributed by atoms with Crippen LogP contribution < -0.4 is 0 Å². The number of hydrogen-bond donors (Lipinski definition) is 0. The number of carbonyl (C=O) groups excluding carboxylic acids is 4. The molecule has 3 heterocycles. The molecule has 2 aromatic rings. The van der Waals surface area contributed by atoms with E-state index in [4.69, 9.17) is 0 Å². The Morgan fingerprint density at radius 2 is 1.10 bits per heavy atom. The number of rotatable bonds is 4. The summed E-state index contributed by atoms with van der Waals surface area (Å²) >= 11 is 0. The van der Waals surface area contributed by atoms with Crippen molar-refractivity contribution in [3.05, 3.63) is 60.2 Å². The molecule has 1 aliphatic rings. The van der Waals surface area contributed by atoms with Gasteiger partial charge in [0.25, 0.3) is 23.6 Å². The van der Waals surface area contributed by atoms with Crippen LogP contribution in [0, 0.1) is 11.8 Å². The molecule has 0 spiro atoms. The van der Waals surface area contributed by atoms with Crippen LogP contribution in [0.3, 0.4) is 0 Å². The fraction of sp³-hybridized carbons (Fsp3) is 0.364. The van der Waals surface area contributed by atoms with Crippen LogP contribution in [0.4, 0.5) is 0 Å². The molecule has 156 valence electrons. The second kappa shape index (κ2) is 8.52. The minimum atomic E-state index is -0.957. The predicted octanol–water partition coefficient (Wildman–Crippen LogP) is 2.18. The zero-order chi connectivity index (χ0) is 22.0. The van der Waals surface area contributed by atoms with Crippen LogP contribution in [0.25, 0.3) is 0 Å². The maximum absolute atomic E-state index is 13.4. The molecule has 0 N–H and O–H groups in total. The van der Waals surface area contributed by atoms with Gasteiger partial charge in [0.2, 0.25) is 0 Å². The highest BCUT2D eigenvalue weighted by Crippen LogP contribution is 2.30. The maximum Gasteiger partial charge on any atom is 0.267 e. The van der Waals surface area contributed by atoms with Crippen LogP contribution in [0.2, 0.25) is 0 Å². The zero-order valence-corrected chi connectivity index (χ0v) is 17.4. The lowest BCUT2D eigenvalue weighted by Gasteiger charge is -2.46. The van der Waals surface area contributed by atoms with Crippen LogP contribution in [0.5, 0.6) is 0 Å². The van der Waals surface area contributed by atoms with E-state index in [0.717, 1.165) is 0 Å². The largest absolute Gasteiger partial charge is 0.314 e. The smallest absolute Gasteiger partial charge is 0.267 e. The number of piperazine rings is 1. The van der Waals surface area contributed by atoms with E-state index in [1.54, 1.807) is 39.8 Å². The van der Waals surface area contributed by atoms with Gasteiger partial charge < -0.3 is 4.90 Å². The summed E-state index contributed by atoms with van der Waals surface area (Å²) in [5.74, 6) is -3.17. The Labute approximate surface area is 174 Å². The summed E-state index contributed by atoms with van der Waals surface area (Å²) in [4.78, 5) is 63.0. The van der Waals surface area contributed by atoms with E-state index in [2.05, 4.69) is 9.97 Å². The fourth-order valence-corrected chi connectivity index (χ4v) is 3.72. The summed E-state index contributed by atoms with van der Waals surface area (Å²) in [5.41, 5.74) is 0.515. The maximum atomic E-state index is 13.4. The van der Waals surface area contributed by atoms with Crippen LogP contribution in [-0.2, 0) is 9.59 Å². The Morgan fingerprint density at radius 1 is 0.733 bits per heavy atom. The molecule has 0 saturated carbocycles. The summed E-state index contributed by atoms with van der Waals surface area (Å²) < 4.78 is 0. The number of aromatic nitrogens is 2. The number of hydrogen-bond acceptors (Lipinski definition) is 6. The average Bonchev–Trinajstić information content (AvgIpc) is 2.73. The second-order valence-electron chi connectivity index (χ2n) is 7.88. The van der Waals surface area contributed by atoms with Crippen LogP contribution in [0.15, 0.2) is 49.1 Å². The van der Waals surface area contributed by atoms with E-state index in [9.17, 15) is 19.2 Å². The van der Waals surface area contributed by atoms with E-state index >= 15 is 0 Å². The Morgan fingerprint density at radius 3 is 1.47 bits per heavy atom. The number of imide groups is 3. The lowest BCUT2D eigenvalue weighted by Crippen LogP contribution is -2.69. The Hall–Kier alpha value is -3.42. The van der Waals surface area contributed by atoms with Gasteiger partial charge in [-0.05, 0) is 36.1 Å². The summed E-state index contributed by atoms with van der Waals surface area (Å²) in [6.45, 7) is 7.16. The third-order valence-electron chi connectivity index (χ3n) is 5.10. The predicted molar refractivity (Wildman–Crippen MR) is 108 cm³/mol. The zero-order valence-electron chi connectivity index (χ0n) is 17.4. The molecule has 8 nitrogen and oxygen atoms in total. The van der Waals surface area contributed by atoms with Gasteiger partial charge in [0.05, 0.1) is 0 Å². The van der Waals surface area contributed by atoms with Crippen molar-refractivity contribution in [1.29, 1.82) is 0 Å². The van der Waals surface area contributed by atoms with Crippen molar-refractivity contribution < 1.29 is 19.2 Å². The molecule has 2 atom stereocenters. The molecule has 8 heteroatoms. The number of amides is 4. The van der Waals surface area contributed by atoms with E-state index < -0.39 is 35.7 Å². The number of carbonyl (C=O) groups is 4. The molecule has 2 unspecified atom stereocenters. The van der Waals surface area contributed by atoms with Crippen molar-refractivity contribution in [2.75, 3.05) is 0 Å². The monoisotopic (exact) mass is 408 g/mol. The van der Waals surface area contributed by atoms with Gasteiger partial charge >= 0.3 is 0 Å². The first-order valence-corrected chi connectivity index (χ1v) is 9.80. The fourth-order valence-electron chi connectivity index (χ4n) is 3.72. The molecular weight excluding hydrogens is 384 g/mol. The molecule has 3 rings (SSSR count). The highest BCUT2D eigenvalue weighted by molar-refractivity contribution is 6.21. The molecule has 0 aromatic carbocycles. The van der Waals surface area contributed by atoms with E-state index in [-0.39, 0.29) is 17.4 Å². The normalized spacial score (nSPS) is 19.5. The van der Waals surface area contributed by atoms with Crippen LogP contribution >= 0.6 is 0 Å². The Bertz CT molecular complexity index is 932. The van der Waals surface area contributed by atoms with Crippen LogP contribution in [0.1, 0.15) is 48.4 Å². The summed E-state index contributed by atoms with van der Waals surface area (Å²) in [5, 5.41) is 0. The van der Waals surface area contributed by atoms with Gasteiger partial charge in [-0.3, -0.25) is 29.1 Å². The van der Waals surface area contributed by atoms with Gasteiger partial charge in [-0.2, -0.15) is 0 Å². The lowest BCUT2D eigenvalue weighted by molar-refractivity contribution is -0.157. The summed E-state index contributed by atoms with van der Waals surface area (Å²) in [6, 6.07) is 4.07. The number of pyridine rings is 2. The van der Waals surface area contributed by atoms with Gasteiger partial charge in [-0.15, -0.1) is 0 Å². The van der Waals surface area contributed by atoms with Gasteiger partial charge in [0.15, 0.2) is 0 Å². The molecule has 0 bridgehead atoms. The Kier molecular flexibility index (Phi) is 6.05. The quantitative estimate of drug-likeness (QED) is 0.719.